The Morgan fingerprint density at radius 3 is 2.60 bits per heavy atom. The highest BCUT2D eigenvalue weighted by molar-refractivity contribution is 5.85. The van der Waals surface area contributed by atoms with Crippen LogP contribution in [-0.4, -0.2) is 29.4 Å². The fourth-order valence-corrected chi connectivity index (χ4v) is 2.63. The van der Waals surface area contributed by atoms with Crippen LogP contribution < -0.4 is 5.32 Å². The lowest BCUT2D eigenvalue weighted by atomic mass is 9.93. The van der Waals surface area contributed by atoms with Crippen LogP contribution in [0.4, 0.5) is 0 Å². The standard InChI is InChI=1S/C17H26N2O/c1-13(2)11-18-16(20)17(3,4)19-10-9-14-7-5-6-8-15(14)12-19/h5-8,13H,9-12H2,1-4H3,(H,18,20). The predicted molar refractivity (Wildman–Crippen MR) is 82.5 cm³/mol. The largest absolute Gasteiger partial charge is 0.354 e. The SMILES string of the molecule is CC(C)CNC(=O)C(C)(C)N1CCc2ccccc2C1. The van der Waals surface area contributed by atoms with Crippen molar-refractivity contribution in [3.8, 4) is 0 Å². The smallest absolute Gasteiger partial charge is 0.239 e. The minimum atomic E-state index is -0.456. The van der Waals surface area contributed by atoms with Gasteiger partial charge in [-0.25, -0.2) is 0 Å². The van der Waals surface area contributed by atoms with Crippen LogP contribution in [0.3, 0.4) is 0 Å². The van der Waals surface area contributed by atoms with E-state index < -0.39 is 5.54 Å². The maximum atomic E-state index is 12.4. The normalized spacial score (nSPS) is 16.1. The van der Waals surface area contributed by atoms with Gasteiger partial charge in [-0.15, -0.1) is 0 Å². The van der Waals surface area contributed by atoms with Crippen LogP contribution in [-0.2, 0) is 17.8 Å². The van der Waals surface area contributed by atoms with Crippen molar-refractivity contribution in [2.45, 2.75) is 46.2 Å². The first-order valence-corrected chi connectivity index (χ1v) is 7.51. The second-order valence-corrected chi connectivity index (χ2v) is 6.60. The van der Waals surface area contributed by atoms with Gasteiger partial charge < -0.3 is 5.32 Å². The molecule has 0 unspecified atom stereocenters. The third-order valence-electron chi connectivity index (χ3n) is 4.15. The second kappa shape index (κ2) is 5.96. The minimum Gasteiger partial charge on any atom is -0.354 e. The van der Waals surface area contributed by atoms with Crippen LogP contribution in [0.2, 0.25) is 0 Å². The van der Waals surface area contributed by atoms with Crippen LogP contribution in [0.5, 0.6) is 0 Å². The summed E-state index contributed by atoms with van der Waals surface area (Å²) >= 11 is 0. The molecule has 0 aliphatic carbocycles. The van der Waals surface area contributed by atoms with E-state index in [1.54, 1.807) is 0 Å². The van der Waals surface area contributed by atoms with E-state index >= 15 is 0 Å². The Morgan fingerprint density at radius 2 is 1.95 bits per heavy atom. The van der Waals surface area contributed by atoms with E-state index in [9.17, 15) is 4.79 Å². The number of carbonyl (C=O) groups excluding carboxylic acids is 1. The summed E-state index contributed by atoms with van der Waals surface area (Å²) < 4.78 is 0. The monoisotopic (exact) mass is 274 g/mol. The highest BCUT2D eigenvalue weighted by Gasteiger charge is 2.36. The molecule has 3 nitrogen and oxygen atoms in total. The van der Waals surface area contributed by atoms with Gasteiger partial charge >= 0.3 is 0 Å². The van der Waals surface area contributed by atoms with Crippen molar-refractivity contribution in [3.63, 3.8) is 0 Å². The molecular formula is C17H26N2O. The summed E-state index contributed by atoms with van der Waals surface area (Å²) in [6, 6.07) is 8.53. The molecule has 0 fully saturated rings. The van der Waals surface area contributed by atoms with Crippen molar-refractivity contribution < 1.29 is 4.79 Å². The van der Waals surface area contributed by atoms with Gasteiger partial charge in [-0.1, -0.05) is 38.1 Å². The van der Waals surface area contributed by atoms with E-state index in [2.05, 4.69) is 48.3 Å². The number of fused-ring (bicyclic) bond motifs is 1. The molecule has 0 aromatic heterocycles. The predicted octanol–water partition coefficient (Wildman–Crippen LogP) is 2.60. The maximum absolute atomic E-state index is 12.4. The first kappa shape index (κ1) is 15.0. The maximum Gasteiger partial charge on any atom is 0.239 e. The first-order chi connectivity index (χ1) is 9.41. The summed E-state index contributed by atoms with van der Waals surface area (Å²) in [6.07, 6.45) is 1.02. The quantitative estimate of drug-likeness (QED) is 0.915. The molecule has 0 bridgehead atoms. The average molecular weight is 274 g/mol. The van der Waals surface area contributed by atoms with Gasteiger partial charge in [0, 0.05) is 19.6 Å². The number of nitrogens with zero attached hydrogens (tertiary/aromatic N) is 1. The van der Waals surface area contributed by atoms with Crippen LogP contribution in [0.15, 0.2) is 24.3 Å². The molecule has 1 amide bonds. The van der Waals surface area contributed by atoms with Gasteiger partial charge in [0.1, 0.15) is 0 Å². The number of amides is 1. The summed E-state index contributed by atoms with van der Waals surface area (Å²) in [5, 5.41) is 3.06. The van der Waals surface area contributed by atoms with Crippen molar-refractivity contribution in [1.82, 2.24) is 10.2 Å². The van der Waals surface area contributed by atoms with Crippen LogP contribution in [0, 0.1) is 5.92 Å². The van der Waals surface area contributed by atoms with Gasteiger partial charge in [0.25, 0.3) is 0 Å². The van der Waals surface area contributed by atoms with Gasteiger partial charge in [-0.05, 0) is 37.3 Å². The number of hydrogen-bond acceptors (Lipinski definition) is 2. The lowest BCUT2D eigenvalue weighted by molar-refractivity contribution is -0.132. The molecule has 20 heavy (non-hydrogen) atoms. The Bertz CT molecular complexity index is 480. The van der Waals surface area contributed by atoms with Crippen molar-refractivity contribution >= 4 is 5.91 Å². The Labute approximate surface area is 122 Å². The molecule has 1 heterocycles. The topological polar surface area (TPSA) is 32.3 Å². The molecule has 1 N–H and O–H groups in total. The lowest BCUT2D eigenvalue weighted by Gasteiger charge is -2.40. The number of carbonyl (C=O) groups is 1. The van der Waals surface area contributed by atoms with E-state index in [0.29, 0.717) is 5.92 Å². The molecule has 0 radical (unpaired) electrons. The van der Waals surface area contributed by atoms with Crippen molar-refractivity contribution in [2.24, 2.45) is 5.92 Å². The summed E-state index contributed by atoms with van der Waals surface area (Å²) in [4.78, 5) is 14.7. The summed E-state index contributed by atoms with van der Waals surface area (Å²) in [7, 11) is 0. The number of rotatable bonds is 4. The van der Waals surface area contributed by atoms with Gasteiger partial charge in [-0.2, -0.15) is 0 Å². The molecule has 110 valence electrons. The Balaban J connectivity index is 2.06. The minimum absolute atomic E-state index is 0.130. The van der Waals surface area contributed by atoms with E-state index in [1.807, 2.05) is 13.8 Å². The van der Waals surface area contributed by atoms with Crippen LogP contribution >= 0.6 is 0 Å². The van der Waals surface area contributed by atoms with Crippen molar-refractivity contribution in [1.29, 1.82) is 0 Å². The Kier molecular flexibility index (Phi) is 4.48. The van der Waals surface area contributed by atoms with Crippen molar-refractivity contribution in [2.75, 3.05) is 13.1 Å². The zero-order valence-electron chi connectivity index (χ0n) is 13.1. The zero-order valence-corrected chi connectivity index (χ0v) is 13.1. The third kappa shape index (κ3) is 3.21. The summed E-state index contributed by atoms with van der Waals surface area (Å²) in [5.74, 6) is 0.613. The highest BCUT2D eigenvalue weighted by atomic mass is 16.2. The number of benzene rings is 1. The molecule has 1 aliphatic heterocycles. The molecule has 3 heteroatoms. The number of hydrogen-bond donors (Lipinski definition) is 1. The van der Waals surface area contributed by atoms with Gasteiger partial charge in [0.05, 0.1) is 5.54 Å². The molecule has 0 atom stereocenters. The Morgan fingerprint density at radius 1 is 1.30 bits per heavy atom. The fourth-order valence-electron chi connectivity index (χ4n) is 2.63. The molecule has 0 saturated carbocycles. The first-order valence-electron chi connectivity index (χ1n) is 7.51. The zero-order chi connectivity index (χ0) is 14.8. The molecule has 1 aromatic rings. The molecule has 0 spiro atoms. The third-order valence-corrected chi connectivity index (χ3v) is 4.15. The lowest BCUT2D eigenvalue weighted by Crippen LogP contribution is -2.56. The molecule has 1 aromatic carbocycles. The number of nitrogens with one attached hydrogen (secondary N) is 1. The second-order valence-electron chi connectivity index (χ2n) is 6.60. The summed E-state index contributed by atoms with van der Waals surface area (Å²) in [6.45, 7) is 10.8. The molecule has 2 rings (SSSR count). The van der Waals surface area contributed by atoms with E-state index in [-0.39, 0.29) is 5.91 Å². The van der Waals surface area contributed by atoms with Gasteiger partial charge in [-0.3, -0.25) is 9.69 Å². The van der Waals surface area contributed by atoms with E-state index in [4.69, 9.17) is 0 Å². The molecule has 0 saturated heterocycles. The van der Waals surface area contributed by atoms with Gasteiger partial charge in [0.15, 0.2) is 0 Å². The van der Waals surface area contributed by atoms with Crippen LogP contribution in [0.25, 0.3) is 0 Å². The highest BCUT2D eigenvalue weighted by Crippen LogP contribution is 2.25. The van der Waals surface area contributed by atoms with Gasteiger partial charge in [0.2, 0.25) is 5.91 Å². The van der Waals surface area contributed by atoms with E-state index in [1.165, 1.54) is 11.1 Å². The molecular weight excluding hydrogens is 248 g/mol. The van der Waals surface area contributed by atoms with Crippen LogP contribution in [0.1, 0.15) is 38.8 Å². The molecule has 1 aliphatic rings. The summed E-state index contributed by atoms with van der Waals surface area (Å²) in [5.41, 5.74) is 2.31. The van der Waals surface area contributed by atoms with Crippen molar-refractivity contribution in [3.05, 3.63) is 35.4 Å². The fraction of sp³-hybridized carbons (Fsp3) is 0.588. The Hall–Kier alpha value is -1.35. The average Bonchev–Trinajstić information content (AvgIpc) is 2.44. The van der Waals surface area contributed by atoms with E-state index in [0.717, 1.165) is 26.1 Å².